The molecule has 0 aromatic carbocycles. The van der Waals surface area contributed by atoms with E-state index in [2.05, 4.69) is 0 Å². The SMILES string of the molecule is NC1CCC2(CC1S(=O)(=O)C1CCCCC1)OCCO2. The van der Waals surface area contributed by atoms with Crippen LogP contribution < -0.4 is 5.73 Å². The number of ether oxygens (including phenoxy) is 2. The van der Waals surface area contributed by atoms with Gasteiger partial charge in [-0.05, 0) is 19.3 Å². The van der Waals surface area contributed by atoms with Crippen LogP contribution in [0.3, 0.4) is 0 Å². The fourth-order valence-electron chi connectivity index (χ4n) is 3.89. The highest BCUT2D eigenvalue weighted by Crippen LogP contribution is 2.40. The van der Waals surface area contributed by atoms with Crippen LogP contribution in [0.2, 0.25) is 0 Å². The van der Waals surface area contributed by atoms with Gasteiger partial charge in [-0.1, -0.05) is 19.3 Å². The number of hydrogen-bond donors (Lipinski definition) is 1. The van der Waals surface area contributed by atoms with Crippen molar-refractivity contribution in [2.24, 2.45) is 5.73 Å². The van der Waals surface area contributed by atoms with Gasteiger partial charge in [-0.25, -0.2) is 8.42 Å². The Kier molecular flexibility index (Phi) is 4.10. The molecule has 0 bridgehead atoms. The highest BCUT2D eigenvalue weighted by molar-refractivity contribution is 7.92. The maximum Gasteiger partial charge on any atom is 0.169 e. The third kappa shape index (κ3) is 2.63. The van der Waals surface area contributed by atoms with Crippen molar-refractivity contribution in [1.29, 1.82) is 0 Å². The lowest BCUT2D eigenvalue weighted by Crippen LogP contribution is -2.54. The first kappa shape index (κ1) is 14.8. The summed E-state index contributed by atoms with van der Waals surface area (Å²) < 4.78 is 37.2. The Morgan fingerprint density at radius 1 is 1.00 bits per heavy atom. The van der Waals surface area contributed by atoms with E-state index in [4.69, 9.17) is 15.2 Å². The molecule has 0 radical (unpaired) electrons. The van der Waals surface area contributed by atoms with Crippen molar-refractivity contribution in [3.63, 3.8) is 0 Å². The first-order valence-corrected chi connectivity index (χ1v) is 9.41. The van der Waals surface area contributed by atoms with Gasteiger partial charge in [0.25, 0.3) is 0 Å². The van der Waals surface area contributed by atoms with E-state index in [0.29, 0.717) is 32.5 Å². The lowest BCUT2D eigenvalue weighted by atomic mass is 9.90. The maximum absolute atomic E-state index is 12.9. The van der Waals surface area contributed by atoms with Gasteiger partial charge < -0.3 is 15.2 Å². The van der Waals surface area contributed by atoms with Crippen LogP contribution in [0.4, 0.5) is 0 Å². The van der Waals surface area contributed by atoms with Crippen LogP contribution in [-0.2, 0) is 19.3 Å². The van der Waals surface area contributed by atoms with Crippen LogP contribution in [0.15, 0.2) is 0 Å². The fraction of sp³-hybridized carbons (Fsp3) is 1.00. The normalized spacial score (nSPS) is 35.5. The molecular formula is C14H25NO4S. The molecule has 6 heteroatoms. The average molecular weight is 303 g/mol. The predicted octanol–water partition coefficient (Wildman–Crippen LogP) is 1.36. The quantitative estimate of drug-likeness (QED) is 0.833. The number of hydrogen-bond acceptors (Lipinski definition) is 5. The summed E-state index contributed by atoms with van der Waals surface area (Å²) >= 11 is 0. The second-order valence-electron chi connectivity index (χ2n) is 6.40. The minimum Gasteiger partial charge on any atom is -0.347 e. The fourth-order valence-corrected chi connectivity index (χ4v) is 6.49. The molecule has 1 heterocycles. The van der Waals surface area contributed by atoms with Crippen molar-refractivity contribution in [3.8, 4) is 0 Å². The van der Waals surface area contributed by atoms with Crippen LogP contribution in [0.1, 0.15) is 51.4 Å². The lowest BCUT2D eigenvalue weighted by molar-refractivity contribution is -0.177. The van der Waals surface area contributed by atoms with Gasteiger partial charge >= 0.3 is 0 Å². The van der Waals surface area contributed by atoms with E-state index in [1.54, 1.807) is 0 Å². The van der Waals surface area contributed by atoms with Gasteiger partial charge in [-0.2, -0.15) is 0 Å². The first-order chi connectivity index (χ1) is 9.54. The summed E-state index contributed by atoms with van der Waals surface area (Å²) in [5.41, 5.74) is 6.13. The molecule has 3 fully saturated rings. The summed E-state index contributed by atoms with van der Waals surface area (Å²) in [6.07, 6.45) is 6.56. The molecule has 0 amide bonds. The molecular weight excluding hydrogens is 278 g/mol. The minimum absolute atomic E-state index is 0.205. The molecule has 1 spiro atoms. The van der Waals surface area contributed by atoms with Crippen molar-refractivity contribution in [2.45, 2.75) is 73.7 Å². The molecule has 5 nitrogen and oxygen atoms in total. The monoisotopic (exact) mass is 303 g/mol. The summed E-state index contributed by atoms with van der Waals surface area (Å²) in [7, 11) is -3.18. The van der Waals surface area contributed by atoms with E-state index in [-0.39, 0.29) is 11.3 Å². The number of sulfone groups is 1. The molecule has 20 heavy (non-hydrogen) atoms. The largest absolute Gasteiger partial charge is 0.347 e. The van der Waals surface area contributed by atoms with Crippen molar-refractivity contribution in [3.05, 3.63) is 0 Å². The van der Waals surface area contributed by atoms with Gasteiger partial charge in [0.2, 0.25) is 0 Å². The summed E-state index contributed by atoms with van der Waals surface area (Å²) in [5, 5.41) is -0.707. The molecule has 2 unspecified atom stereocenters. The van der Waals surface area contributed by atoms with E-state index in [1.807, 2.05) is 0 Å². The van der Waals surface area contributed by atoms with Crippen LogP contribution >= 0.6 is 0 Å². The molecule has 116 valence electrons. The topological polar surface area (TPSA) is 78.6 Å². The van der Waals surface area contributed by atoms with Crippen molar-refractivity contribution >= 4 is 9.84 Å². The Bertz CT molecular complexity index is 438. The summed E-state index contributed by atoms with van der Waals surface area (Å²) in [6, 6.07) is -0.277. The molecule has 2 saturated carbocycles. The van der Waals surface area contributed by atoms with Crippen molar-refractivity contribution in [2.75, 3.05) is 13.2 Å². The minimum atomic E-state index is -3.18. The smallest absolute Gasteiger partial charge is 0.169 e. The van der Waals surface area contributed by atoms with Gasteiger partial charge in [-0.15, -0.1) is 0 Å². The molecule has 3 aliphatic rings. The zero-order valence-electron chi connectivity index (χ0n) is 11.9. The zero-order valence-corrected chi connectivity index (χ0v) is 12.7. The average Bonchev–Trinajstić information content (AvgIpc) is 2.91. The molecule has 2 aliphatic carbocycles. The van der Waals surface area contributed by atoms with E-state index >= 15 is 0 Å². The Hall–Kier alpha value is -0.170. The Labute approximate surface area is 121 Å². The molecule has 2 N–H and O–H groups in total. The predicted molar refractivity (Wildman–Crippen MR) is 76.0 cm³/mol. The second-order valence-corrected chi connectivity index (χ2v) is 8.85. The highest BCUT2D eigenvalue weighted by atomic mass is 32.2. The van der Waals surface area contributed by atoms with E-state index in [0.717, 1.165) is 32.1 Å². The van der Waals surface area contributed by atoms with Gasteiger partial charge in [0.15, 0.2) is 15.6 Å². The second kappa shape index (κ2) is 5.55. The van der Waals surface area contributed by atoms with E-state index in [1.165, 1.54) is 0 Å². The molecule has 0 aromatic rings. The van der Waals surface area contributed by atoms with E-state index < -0.39 is 20.9 Å². The summed E-state index contributed by atoms with van der Waals surface area (Å²) in [4.78, 5) is 0. The van der Waals surface area contributed by atoms with Crippen LogP contribution in [0, 0.1) is 0 Å². The Morgan fingerprint density at radius 3 is 2.30 bits per heavy atom. The molecule has 1 saturated heterocycles. The number of nitrogens with two attached hydrogens (primary N) is 1. The van der Waals surface area contributed by atoms with Crippen LogP contribution in [-0.4, -0.2) is 44.0 Å². The van der Waals surface area contributed by atoms with Gasteiger partial charge in [0.05, 0.1) is 23.7 Å². The molecule has 0 aromatic heterocycles. The molecule has 3 rings (SSSR count). The summed E-state index contributed by atoms with van der Waals surface area (Å²) in [6.45, 7) is 1.12. The summed E-state index contributed by atoms with van der Waals surface area (Å²) in [5.74, 6) is -0.678. The first-order valence-electron chi connectivity index (χ1n) is 7.80. The highest BCUT2D eigenvalue weighted by Gasteiger charge is 2.50. The number of rotatable bonds is 2. The standard InChI is InChI=1S/C14H25NO4S/c15-12-6-7-14(18-8-9-19-14)10-13(12)20(16,17)11-4-2-1-3-5-11/h11-13H,1-10,15H2. The lowest BCUT2D eigenvalue weighted by Gasteiger charge is -2.40. The Morgan fingerprint density at radius 2 is 1.65 bits per heavy atom. The maximum atomic E-state index is 12.9. The van der Waals surface area contributed by atoms with E-state index in [9.17, 15) is 8.42 Å². The third-order valence-electron chi connectivity index (χ3n) is 5.10. The third-order valence-corrected chi connectivity index (χ3v) is 7.86. The zero-order chi connectivity index (χ0) is 14.2. The molecule has 2 atom stereocenters. The van der Waals surface area contributed by atoms with Crippen LogP contribution in [0.5, 0.6) is 0 Å². The molecule has 1 aliphatic heterocycles. The van der Waals surface area contributed by atoms with Crippen LogP contribution in [0.25, 0.3) is 0 Å². The van der Waals surface area contributed by atoms with Crippen molar-refractivity contribution < 1.29 is 17.9 Å². The van der Waals surface area contributed by atoms with Gasteiger partial charge in [0, 0.05) is 18.9 Å². The Balaban J connectivity index is 1.79. The van der Waals surface area contributed by atoms with Gasteiger partial charge in [0.1, 0.15) is 0 Å². The van der Waals surface area contributed by atoms with Crippen molar-refractivity contribution in [1.82, 2.24) is 0 Å². The van der Waals surface area contributed by atoms with Gasteiger partial charge in [-0.3, -0.25) is 0 Å².